The van der Waals surface area contributed by atoms with Gasteiger partial charge in [-0.05, 0) is 37.3 Å². The van der Waals surface area contributed by atoms with Crippen LogP contribution in [-0.4, -0.2) is 74.0 Å². The highest BCUT2D eigenvalue weighted by Gasteiger charge is 2.28. The third-order valence-corrected chi connectivity index (χ3v) is 6.05. The summed E-state index contributed by atoms with van der Waals surface area (Å²) in [5.41, 5.74) is 1.42. The van der Waals surface area contributed by atoms with Gasteiger partial charge in [-0.3, -0.25) is 9.79 Å². The maximum atomic E-state index is 12.2. The van der Waals surface area contributed by atoms with E-state index in [0.717, 1.165) is 51.5 Å². The molecule has 2 unspecified atom stereocenters. The van der Waals surface area contributed by atoms with Crippen molar-refractivity contribution >= 4 is 35.8 Å². The first-order valence-electron chi connectivity index (χ1n) is 11.1. The molecule has 6 nitrogen and oxygen atoms in total. The summed E-state index contributed by atoms with van der Waals surface area (Å²) in [4.78, 5) is 21.1. The van der Waals surface area contributed by atoms with Gasteiger partial charge in [0.05, 0.1) is 0 Å². The van der Waals surface area contributed by atoms with Crippen LogP contribution in [0.25, 0.3) is 0 Å². The average molecular weight is 527 g/mol. The van der Waals surface area contributed by atoms with E-state index in [9.17, 15) is 4.79 Å². The third kappa shape index (κ3) is 7.41. The minimum atomic E-state index is 0. The summed E-state index contributed by atoms with van der Waals surface area (Å²) in [6, 6.07) is 11.0. The van der Waals surface area contributed by atoms with Crippen LogP contribution in [0.3, 0.4) is 0 Å². The molecule has 168 valence electrons. The molecule has 1 amide bonds. The number of guanidine groups is 1. The lowest BCUT2D eigenvalue weighted by molar-refractivity contribution is -0.133. The van der Waals surface area contributed by atoms with Crippen LogP contribution in [0.2, 0.25) is 0 Å². The molecule has 0 saturated carbocycles. The lowest BCUT2D eigenvalue weighted by Crippen LogP contribution is -2.46. The molecule has 0 aromatic heterocycles. The summed E-state index contributed by atoms with van der Waals surface area (Å²) < 4.78 is 0. The molecule has 7 heteroatoms. The van der Waals surface area contributed by atoms with Gasteiger partial charge in [-0.2, -0.15) is 0 Å². The van der Waals surface area contributed by atoms with Crippen molar-refractivity contribution in [1.82, 2.24) is 20.4 Å². The molecule has 1 aromatic rings. The van der Waals surface area contributed by atoms with Crippen LogP contribution < -0.4 is 10.6 Å². The minimum Gasteiger partial charge on any atom is -0.356 e. The number of halogens is 1. The molecule has 0 bridgehead atoms. The molecule has 0 aliphatic carbocycles. The minimum absolute atomic E-state index is 0. The van der Waals surface area contributed by atoms with Crippen molar-refractivity contribution in [2.45, 2.75) is 39.2 Å². The fourth-order valence-electron chi connectivity index (χ4n) is 4.29. The van der Waals surface area contributed by atoms with Gasteiger partial charge in [-0.15, -0.1) is 24.0 Å². The van der Waals surface area contributed by atoms with Gasteiger partial charge < -0.3 is 20.4 Å². The number of carbonyl (C=O) groups is 1. The van der Waals surface area contributed by atoms with Crippen LogP contribution in [0.15, 0.2) is 35.3 Å². The van der Waals surface area contributed by atoms with Gasteiger partial charge in [0.25, 0.3) is 0 Å². The van der Waals surface area contributed by atoms with Gasteiger partial charge in [0.15, 0.2) is 5.96 Å². The molecule has 0 spiro atoms. The Labute approximate surface area is 198 Å². The molecule has 1 aromatic carbocycles. The van der Waals surface area contributed by atoms with E-state index in [1.165, 1.54) is 18.5 Å². The SMILES string of the molecule is CN=C(NCC1CCN(CCc2ccccc2)C1)NC1CCN(C(=O)C(C)C)C1.I. The molecule has 2 N–H and O–H groups in total. The predicted molar refractivity (Wildman–Crippen MR) is 134 cm³/mol. The number of hydrogen-bond donors (Lipinski definition) is 2. The van der Waals surface area contributed by atoms with Crippen LogP contribution in [0.1, 0.15) is 32.3 Å². The Balaban J connectivity index is 0.00000320. The summed E-state index contributed by atoms with van der Waals surface area (Å²) in [6.45, 7) is 9.96. The van der Waals surface area contributed by atoms with Gasteiger partial charge >= 0.3 is 0 Å². The van der Waals surface area contributed by atoms with Crippen molar-refractivity contribution in [1.29, 1.82) is 0 Å². The van der Waals surface area contributed by atoms with Gasteiger partial charge in [0, 0.05) is 51.7 Å². The molecule has 30 heavy (non-hydrogen) atoms. The zero-order valence-corrected chi connectivity index (χ0v) is 21.0. The van der Waals surface area contributed by atoms with Crippen molar-refractivity contribution < 1.29 is 4.79 Å². The van der Waals surface area contributed by atoms with Gasteiger partial charge in [-0.25, -0.2) is 0 Å². The Morgan fingerprint density at radius 3 is 2.63 bits per heavy atom. The van der Waals surface area contributed by atoms with Crippen LogP contribution in [0, 0.1) is 11.8 Å². The molecular formula is C23H38IN5O. The van der Waals surface area contributed by atoms with Crippen LogP contribution in [0.4, 0.5) is 0 Å². The summed E-state index contributed by atoms with van der Waals surface area (Å²) in [5, 5.41) is 7.01. The first kappa shape index (κ1) is 24.9. The van der Waals surface area contributed by atoms with E-state index in [2.05, 4.69) is 50.9 Å². The number of likely N-dealkylation sites (tertiary alicyclic amines) is 2. The molecule has 2 aliphatic heterocycles. The van der Waals surface area contributed by atoms with Crippen molar-refractivity contribution in [2.75, 3.05) is 46.3 Å². The maximum absolute atomic E-state index is 12.2. The quantitative estimate of drug-likeness (QED) is 0.325. The van der Waals surface area contributed by atoms with Crippen molar-refractivity contribution in [3.63, 3.8) is 0 Å². The fraction of sp³-hybridized carbons (Fsp3) is 0.652. The van der Waals surface area contributed by atoms with E-state index >= 15 is 0 Å². The fourth-order valence-corrected chi connectivity index (χ4v) is 4.29. The zero-order valence-electron chi connectivity index (χ0n) is 18.6. The number of rotatable bonds is 7. The largest absolute Gasteiger partial charge is 0.356 e. The number of carbonyl (C=O) groups excluding carboxylic acids is 1. The topological polar surface area (TPSA) is 60.0 Å². The first-order valence-corrected chi connectivity index (χ1v) is 11.1. The summed E-state index contributed by atoms with van der Waals surface area (Å²) in [5.74, 6) is 1.83. The van der Waals surface area contributed by atoms with Crippen LogP contribution in [0.5, 0.6) is 0 Å². The number of aliphatic imine (C=N–C) groups is 1. The van der Waals surface area contributed by atoms with E-state index in [0.29, 0.717) is 5.92 Å². The summed E-state index contributed by atoms with van der Waals surface area (Å²) >= 11 is 0. The molecule has 2 saturated heterocycles. The molecule has 3 rings (SSSR count). The number of hydrogen-bond acceptors (Lipinski definition) is 3. The highest BCUT2D eigenvalue weighted by Crippen LogP contribution is 2.16. The van der Waals surface area contributed by atoms with E-state index in [-0.39, 0.29) is 41.8 Å². The van der Waals surface area contributed by atoms with E-state index in [4.69, 9.17) is 0 Å². The second-order valence-corrected chi connectivity index (χ2v) is 8.71. The van der Waals surface area contributed by atoms with Crippen molar-refractivity contribution in [3.8, 4) is 0 Å². The van der Waals surface area contributed by atoms with Gasteiger partial charge in [0.2, 0.25) is 5.91 Å². The van der Waals surface area contributed by atoms with E-state index < -0.39 is 0 Å². The Morgan fingerprint density at radius 2 is 1.93 bits per heavy atom. The van der Waals surface area contributed by atoms with E-state index in [1.54, 1.807) is 0 Å². The maximum Gasteiger partial charge on any atom is 0.225 e. The van der Waals surface area contributed by atoms with Crippen molar-refractivity contribution in [3.05, 3.63) is 35.9 Å². The average Bonchev–Trinajstić information content (AvgIpc) is 3.39. The number of benzene rings is 1. The Morgan fingerprint density at radius 1 is 1.17 bits per heavy atom. The summed E-state index contributed by atoms with van der Waals surface area (Å²) in [7, 11) is 1.82. The van der Waals surface area contributed by atoms with Gasteiger partial charge in [0.1, 0.15) is 0 Å². The van der Waals surface area contributed by atoms with E-state index in [1.807, 2.05) is 25.8 Å². The number of amides is 1. The van der Waals surface area contributed by atoms with Crippen LogP contribution >= 0.6 is 24.0 Å². The Bertz CT molecular complexity index is 681. The smallest absolute Gasteiger partial charge is 0.225 e. The highest BCUT2D eigenvalue weighted by molar-refractivity contribution is 14.0. The van der Waals surface area contributed by atoms with Crippen LogP contribution in [-0.2, 0) is 11.2 Å². The molecule has 2 heterocycles. The monoisotopic (exact) mass is 527 g/mol. The summed E-state index contributed by atoms with van der Waals surface area (Å²) in [6.07, 6.45) is 3.34. The molecule has 2 fully saturated rings. The highest BCUT2D eigenvalue weighted by atomic mass is 127. The molecule has 2 atom stereocenters. The predicted octanol–water partition coefficient (Wildman–Crippen LogP) is 2.59. The standard InChI is InChI=1S/C23H37N5O.HI/c1-18(2)22(29)28-14-11-21(17-28)26-23(24-3)25-15-20-10-13-27(16-20)12-9-19-7-5-4-6-8-19;/h4-8,18,20-21H,9-17H2,1-3H3,(H2,24,25,26);1H. The third-order valence-electron chi connectivity index (χ3n) is 6.05. The molecule has 0 radical (unpaired) electrons. The first-order chi connectivity index (χ1) is 14.0. The Hall–Kier alpha value is -1.35. The number of nitrogens with zero attached hydrogens (tertiary/aromatic N) is 3. The second-order valence-electron chi connectivity index (χ2n) is 8.71. The lowest BCUT2D eigenvalue weighted by atomic mass is 10.1. The van der Waals surface area contributed by atoms with Crippen molar-refractivity contribution in [2.24, 2.45) is 16.8 Å². The molecular weight excluding hydrogens is 489 g/mol. The second kappa shape index (κ2) is 12.5. The Kier molecular flexibility index (Phi) is 10.4. The molecule has 2 aliphatic rings. The zero-order chi connectivity index (χ0) is 20.6. The number of nitrogens with one attached hydrogen (secondary N) is 2. The lowest BCUT2D eigenvalue weighted by Gasteiger charge is -2.21. The normalized spacial score (nSPS) is 22.3. The van der Waals surface area contributed by atoms with Gasteiger partial charge in [-0.1, -0.05) is 44.2 Å².